The summed E-state index contributed by atoms with van der Waals surface area (Å²) in [6.07, 6.45) is 3.95. The Labute approximate surface area is 111 Å². The first kappa shape index (κ1) is 20.4. The van der Waals surface area contributed by atoms with Gasteiger partial charge in [0.05, 0.1) is 0 Å². The number of carboxylic acids is 2. The van der Waals surface area contributed by atoms with Gasteiger partial charge in [-0.2, -0.15) is 0 Å². The molecule has 0 unspecified atom stereocenters. The molecule has 0 atom stereocenters. The summed E-state index contributed by atoms with van der Waals surface area (Å²) in [6, 6.07) is 0. The van der Waals surface area contributed by atoms with Gasteiger partial charge in [-0.3, -0.25) is 0 Å². The van der Waals surface area contributed by atoms with Crippen LogP contribution in [0.1, 0.15) is 44.9 Å². The maximum absolute atomic E-state index is 9.98. The second-order valence-electron chi connectivity index (χ2n) is 3.01. The molecule has 0 bridgehead atoms. The van der Waals surface area contributed by atoms with Crippen LogP contribution < -0.4 is 10.2 Å². The van der Waals surface area contributed by atoms with Gasteiger partial charge in [-0.15, -0.1) is 0 Å². The Morgan fingerprint density at radius 1 is 0.667 bits per heavy atom. The van der Waals surface area contributed by atoms with Gasteiger partial charge in [-0.05, 0) is 25.7 Å². The number of unbranched alkanes of at least 4 members (excludes halogenated alkanes) is 4. The molecule has 6 heteroatoms. The number of carboxylic acid groups (broad SMARTS) is 2. The molecule has 0 radical (unpaired) electrons. The number of hydrogen-bond acceptors (Lipinski definition) is 4. The molecule has 0 saturated heterocycles. The zero-order chi connectivity index (χ0) is 10.1. The second-order valence-corrected chi connectivity index (χ2v) is 3.01. The van der Waals surface area contributed by atoms with E-state index < -0.39 is 11.9 Å². The fraction of sp³-hybridized carbons (Fsp3) is 0.778. The molecule has 0 aromatic heterocycles. The van der Waals surface area contributed by atoms with Crippen LogP contribution in [0.3, 0.4) is 0 Å². The predicted octanol–water partition coefficient (Wildman–Crippen LogP) is -0.788. The monoisotopic (exact) mass is 312 g/mol. The normalized spacial score (nSPS) is 8.53. The summed E-state index contributed by atoms with van der Waals surface area (Å²) in [5.74, 6) is -2.04. The molecular formula is C9H14Cu2O4. The number of aliphatic carboxylic acids is 2. The van der Waals surface area contributed by atoms with Gasteiger partial charge in [0.1, 0.15) is 0 Å². The molecule has 0 N–H and O–H groups in total. The molecule has 0 spiro atoms. The van der Waals surface area contributed by atoms with Gasteiger partial charge in [-0.25, -0.2) is 0 Å². The summed E-state index contributed by atoms with van der Waals surface area (Å²) < 4.78 is 0. The van der Waals surface area contributed by atoms with Crippen molar-refractivity contribution < 1.29 is 53.9 Å². The number of carbonyl (C=O) groups is 2. The first-order valence-corrected chi connectivity index (χ1v) is 4.52. The Bertz CT molecular complexity index is 155. The van der Waals surface area contributed by atoms with Gasteiger partial charge in [-0.1, -0.05) is 19.3 Å². The molecule has 0 aliphatic carbocycles. The molecule has 0 aliphatic rings. The van der Waals surface area contributed by atoms with E-state index in [1.165, 1.54) is 0 Å². The van der Waals surface area contributed by atoms with E-state index in [9.17, 15) is 19.8 Å². The molecule has 0 heterocycles. The summed E-state index contributed by atoms with van der Waals surface area (Å²) in [4.78, 5) is 20.0. The van der Waals surface area contributed by atoms with E-state index in [1.807, 2.05) is 0 Å². The van der Waals surface area contributed by atoms with E-state index in [1.54, 1.807) is 0 Å². The third kappa shape index (κ3) is 20.1. The fourth-order valence-corrected chi connectivity index (χ4v) is 1.07. The van der Waals surface area contributed by atoms with E-state index in [4.69, 9.17) is 0 Å². The Balaban J connectivity index is -0.000000720. The van der Waals surface area contributed by atoms with Crippen LogP contribution in [0.15, 0.2) is 0 Å². The molecule has 0 aromatic carbocycles. The Kier molecular flexibility index (Phi) is 19.0. The van der Waals surface area contributed by atoms with Crippen molar-refractivity contribution in [1.82, 2.24) is 0 Å². The molecule has 0 saturated carbocycles. The van der Waals surface area contributed by atoms with Crippen LogP contribution in [-0.4, -0.2) is 11.9 Å². The van der Waals surface area contributed by atoms with Crippen molar-refractivity contribution in [1.29, 1.82) is 0 Å². The van der Waals surface area contributed by atoms with Gasteiger partial charge in [0, 0.05) is 11.9 Å². The van der Waals surface area contributed by atoms with Gasteiger partial charge >= 0.3 is 34.1 Å². The van der Waals surface area contributed by atoms with Crippen LogP contribution in [0, 0.1) is 0 Å². The SMILES string of the molecule is O=C([O-])CCCCCCCC(=O)[O-].[Cu+].[Cu+]. The smallest absolute Gasteiger partial charge is 0.550 e. The van der Waals surface area contributed by atoms with Gasteiger partial charge in [0.25, 0.3) is 0 Å². The molecular weight excluding hydrogens is 299 g/mol. The van der Waals surface area contributed by atoms with Crippen LogP contribution in [0.4, 0.5) is 0 Å². The average molecular weight is 313 g/mol. The number of carbonyl (C=O) groups excluding carboxylic acids is 2. The third-order valence-corrected chi connectivity index (χ3v) is 1.76. The summed E-state index contributed by atoms with van der Waals surface area (Å²) in [5, 5.41) is 20.0. The van der Waals surface area contributed by atoms with E-state index >= 15 is 0 Å². The quantitative estimate of drug-likeness (QED) is 0.434. The van der Waals surface area contributed by atoms with Crippen molar-refractivity contribution in [3.05, 3.63) is 0 Å². The summed E-state index contributed by atoms with van der Waals surface area (Å²) in [5.41, 5.74) is 0. The molecule has 15 heavy (non-hydrogen) atoms. The van der Waals surface area contributed by atoms with Crippen LogP contribution in [-0.2, 0) is 43.7 Å². The molecule has 0 fully saturated rings. The fourth-order valence-electron chi connectivity index (χ4n) is 1.07. The van der Waals surface area contributed by atoms with Crippen molar-refractivity contribution in [2.24, 2.45) is 0 Å². The molecule has 0 aliphatic heterocycles. The zero-order valence-corrected chi connectivity index (χ0v) is 10.1. The molecule has 0 aromatic rings. The maximum atomic E-state index is 9.98. The van der Waals surface area contributed by atoms with Crippen molar-refractivity contribution in [2.75, 3.05) is 0 Å². The van der Waals surface area contributed by atoms with E-state index in [0.29, 0.717) is 12.8 Å². The summed E-state index contributed by atoms with van der Waals surface area (Å²) in [7, 11) is 0. The van der Waals surface area contributed by atoms with Gasteiger partial charge < -0.3 is 19.8 Å². The molecule has 0 rings (SSSR count). The van der Waals surface area contributed by atoms with Gasteiger partial charge in [0.2, 0.25) is 0 Å². The van der Waals surface area contributed by atoms with Crippen LogP contribution >= 0.6 is 0 Å². The number of rotatable bonds is 8. The van der Waals surface area contributed by atoms with Gasteiger partial charge in [0.15, 0.2) is 0 Å². The predicted molar refractivity (Wildman–Crippen MR) is 42.3 cm³/mol. The minimum Gasteiger partial charge on any atom is -0.550 e. The number of hydrogen-bond donors (Lipinski definition) is 0. The first-order valence-electron chi connectivity index (χ1n) is 4.52. The average Bonchev–Trinajstić information content (AvgIpc) is 2.01. The van der Waals surface area contributed by atoms with Crippen LogP contribution in [0.5, 0.6) is 0 Å². The van der Waals surface area contributed by atoms with E-state index in [-0.39, 0.29) is 47.0 Å². The summed E-state index contributed by atoms with van der Waals surface area (Å²) in [6.45, 7) is 0. The van der Waals surface area contributed by atoms with Crippen molar-refractivity contribution >= 4 is 11.9 Å². The molecule has 0 amide bonds. The van der Waals surface area contributed by atoms with E-state index in [2.05, 4.69) is 0 Å². The zero-order valence-electron chi connectivity index (χ0n) is 8.19. The minimum atomic E-state index is -1.02. The van der Waals surface area contributed by atoms with Crippen molar-refractivity contribution in [3.63, 3.8) is 0 Å². The Hall–Kier alpha value is -0.0210. The Morgan fingerprint density at radius 3 is 1.20 bits per heavy atom. The maximum Gasteiger partial charge on any atom is 1.00 e. The standard InChI is InChI=1S/C9H16O4.2Cu/c10-8(11)6-4-2-1-3-5-7-9(12)13;;/h1-7H2,(H,10,11)(H,12,13);;/q;2*+1/p-2. The van der Waals surface area contributed by atoms with Crippen molar-refractivity contribution in [3.8, 4) is 0 Å². The third-order valence-electron chi connectivity index (χ3n) is 1.76. The minimum absolute atomic E-state index is 0. The van der Waals surface area contributed by atoms with Crippen LogP contribution in [0.25, 0.3) is 0 Å². The first-order chi connectivity index (χ1) is 6.13. The molecule has 4 nitrogen and oxygen atoms in total. The van der Waals surface area contributed by atoms with Crippen molar-refractivity contribution in [2.45, 2.75) is 44.9 Å². The largest absolute Gasteiger partial charge is 1.00 e. The van der Waals surface area contributed by atoms with Crippen LogP contribution in [0.2, 0.25) is 0 Å². The second kappa shape index (κ2) is 14.0. The summed E-state index contributed by atoms with van der Waals surface area (Å²) >= 11 is 0. The van der Waals surface area contributed by atoms with E-state index in [0.717, 1.165) is 19.3 Å². The topological polar surface area (TPSA) is 80.3 Å². The molecule has 96 valence electrons. The Morgan fingerprint density at radius 2 is 0.933 bits per heavy atom.